The molecule has 0 saturated heterocycles. The third kappa shape index (κ3) is 4.36. The number of alkyl carbamates (subject to hydrolysis) is 1. The average Bonchev–Trinajstić information content (AvgIpc) is 2.47. The maximum atomic E-state index is 12.1. The van der Waals surface area contributed by atoms with E-state index in [2.05, 4.69) is 10.6 Å². The molecular weight excluding hydrogens is 292 g/mol. The maximum Gasteiger partial charge on any atom is 0.408 e. The molecule has 2 amide bonds. The van der Waals surface area contributed by atoms with Gasteiger partial charge >= 0.3 is 6.09 Å². The zero-order valence-corrected chi connectivity index (χ0v) is 13.1. The van der Waals surface area contributed by atoms with Crippen molar-refractivity contribution in [2.24, 2.45) is 0 Å². The number of halogens is 1. The number of rotatable bonds is 1. The number of nitrogens with one attached hydrogen (secondary N) is 2. The van der Waals surface area contributed by atoms with Gasteiger partial charge in [0.25, 0.3) is 0 Å². The van der Waals surface area contributed by atoms with Crippen LogP contribution < -0.4 is 10.6 Å². The fraction of sp³-hybridized carbons (Fsp3) is 0.467. The molecule has 0 radical (unpaired) electrons. The molecule has 0 fully saturated rings. The molecule has 1 aliphatic heterocycles. The number of benzene rings is 1. The number of hydrogen-bond donors (Lipinski definition) is 2. The molecule has 0 saturated carbocycles. The summed E-state index contributed by atoms with van der Waals surface area (Å²) in [5, 5.41) is 6.01. The van der Waals surface area contributed by atoms with Gasteiger partial charge in [0.1, 0.15) is 11.6 Å². The Morgan fingerprint density at radius 1 is 1.38 bits per heavy atom. The van der Waals surface area contributed by atoms with Crippen LogP contribution in [0.3, 0.4) is 0 Å². The molecule has 21 heavy (non-hydrogen) atoms. The normalized spacial score (nSPS) is 18.3. The van der Waals surface area contributed by atoms with Crippen LogP contribution in [0.1, 0.15) is 31.9 Å². The second-order valence-electron chi connectivity index (χ2n) is 6.03. The highest BCUT2D eigenvalue weighted by Gasteiger charge is 2.27. The van der Waals surface area contributed by atoms with Crippen LogP contribution in [0, 0.1) is 0 Å². The minimum Gasteiger partial charge on any atom is -0.444 e. The molecule has 114 valence electrons. The SMILES string of the molecule is CC(C)(C)OC(=O)N[C@H]1Cc2cc(Cl)ccc2CNC1=O. The third-order valence-corrected chi connectivity index (χ3v) is 3.29. The first-order valence-electron chi connectivity index (χ1n) is 6.79. The molecule has 5 nitrogen and oxygen atoms in total. The lowest BCUT2D eigenvalue weighted by Gasteiger charge is -2.22. The van der Waals surface area contributed by atoms with Crippen molar-refractivity contribution in [3.8, 4) is 0 Å². The van der Waals surface area contributed by atoms with Crippen LogP contribution in [0.4, 0.5) is 4.79 Å². The summed E-state index contributed by atoms with van der Waals surface area (Å²) in [7, 11) is 0. The van der Waals surface area contributed by atoms with Crippen molar-refractivity contribution in [3.05, 3.63) is 34.3 Å². The first kappa shape index (κ1) is 15.6. The Hall–Kier alpha value is -1.75. The van der Waals surface area contributed by atoms with Gasteiger partial charge in [0.05, 0.1) is 0 Å². The van der Waals surface area contributed by atoms with Crippen molar-refractivity contribution in [1.82, 2.24) is 10.6 Å². The van der Waals surface area contributed by atoms with Gasteiger partial charge in [0, 0.05) is 18.0 Å². The van der Waals surface area contributed by atoms with E-state index in [0.717, 1.165) is 11.1 Å². The zero-order chi connectivity index (χ0) is 15.6. The minimum absolute atomic E-state index is 0.229. The van der Waals surface area contributed by atoms with Crippen molar-refractivity contribution in [1.29, 1.82) is 0 Å². The van der Waals surface area contributed by atoms with Gasteiger partial charge in [0.15, 0.2) is 0 Å². The topological polar surface area (TPSA) is 67.4 Å². The van der Waals surface area contributed by atoms with Gasteiger partial charge in [-0.15, -0.1) is 0 Å². The minimum atomic E-state index is -0.667. The summed E-state index contributed by atoms with van der Waals surface area (Å²) in [6.07, 6.45) is -0.214. The summed E-state index contributed by atoms with van der Waals surface area (Å²) in [5.41, 5.74) is 1.34. The second kappa shape index (κ2) is 5.93. The lowest BCUT2D eigenvalue weighted by Crippen LogP contribution is -2.48. The van der Waals surface area contributed by atoms with Crippen LogP contribution >= 0.6 is 11.6 Å². The van der Waals surface area contributed by atoms with Gasteiger partial charge in [-0.05, 0) is 44.0 Å². The highest BCUT2D eigenvalue weighted by atomic mass is 35.5. The average molecular weight is 311 g/mol. The predicted molar refractivity (Wildman–Crippen MR) is 80.2 cm³/mol. The first-order chi connectivity index (χ1) is 9.74. The fourth-order valence-electron chi connectivity index (χ4n) is 2.14. The van der Waals surface area contributed by atoms with Gasteiger partial charge in [-0.2, -0.15) is 0 Å². The van der Waals surface area contributed by atoms with Gasteiger partial charge in [0.2, 0.25) is 5.91 Å². The van der Waals surface area contributed by atoms with Crippen LogP contribution in [0.2, 0.25) is 5.02 Å². The first-order valence-corrected chi connectivity index (χ1v) is 7.17. The van der Waals surface area contributed by atoms with Crippen LogP contribution in [-0.2, 0) is 22.5 Å². The van der Waals surface area contributed by atoms with Crippen LogP contribution in [-0.4, -0.2) is 23.6 Å². The van der Waals surface area contributed by atoms with Crippen LogP contribution in [0.5, 0.6) is 0 Å². The van der Waals surface area contributed by atoms with E-state index in [-0.39, 0.29) is 5.91 Å². The van der Waals surface area contributed by atoms with E-state index in [4.69, 9.17) is 16.3 Å². The Kier molecular flexibility index (Phi) is 4.42. The highest BCUT2D eigenvalue weighted by molar-refractivity contribution is 6.30. The van der Waals surface area contributed by atoms with Crippen molar-refractivity contribution in [3.63, 3.8) is 0 Å². The quantitative estimate of drug-likeness (QED) is 0.837. The summed E-state index contributed by atoms with van der Waals surface area (Å²) < 4.78 is 5.19. The summed E-state index contributed by atoms with van der Waals surface area (Å²) in [4.78, 5) is 23.9. The fourth-order valence-corrected chi connectivity index (χ4v) is 2.34. The highest BCUT2D eigenvalue weighted by Crippen LogP contribution is 2.20. The molecule has 0 bridgehead atoms. The molecule has 0 unspecified atom stereocenters. The van der Waals surface area contributed by atoms with E-state index in [1.807, 2.05) is 12.1 Å². The molecule has 1 aromatic carbocycles. The smallest absolute Gasteiger partial charge is 0.408 e. The Balaban J connectivity index is 2.12. The van der Waals surface area contributed by atoms with Gasteiger partial charge < -0.3 is 15.4 Å². The second-order valence-corrected chi connectivity index (χ2v) is 6.47. The van der Waals surface area contributed by atoms with E-state index in [9.17, 15) is 9.59 Å². The molecule has 0 aliphatic carbocycles. The van der Waals surface area contributed by atoms with Gasteiger partial charge in [-0.25, -0.2) is 4.79 Å². The molecule has 1 aromatic rings. The standard InChI is InChI=1S/C15H19ClN2O3/c1-15(2,3)21-14(20)18-12-7-10-6-11(16)5-4-9(10)8-17-13(12)19/h4-6,12H,7-8H2,1-3H3,(H,17,19)(H,18,20)/t12-/m0/s1. The maximum absolute atomic E-state index is 12.1. The molecular formula is C15H19ClN2O3. The van der Waals surface area contributed by atoms with Crippen molar-refractivity contribution in [2.75, 3.05) is 0 Å². The predicted octanol–water partition coefficient (Wildman–Crippen LogP) is 2.41. The Labute approximate surface area is 129 Å². The van der Waals surface area contributed by atoms with E-state index < -0.39 is 17.7 Å². The Morgan fingerprint density at radius 3 is 2.76 bits per heavy atom. The monoisotopic (exact) mass is 310 g/mol. The molecule has 1 heterocycles. The molecule has 6 heteroatoms. The lowest BCUT2D eigenvalue weighted by atomic mass is 10.0. The Bertz CT molecular complexity index is 567. The molecule has 1 atom stereocenters. The largest absolute Gasteiger partial charge is 0.444 e. The van der Waals surface area contributed by atoms with Crippen LogP contribution in [0.15, 0.2) is 18.2 Å². The summed E-state index contributed by atoms with van der Waals surface area (Å²) in [6, 6.07) is 4.82. The number of carbonyl (C=O) groups is 2. The zero-order valence-electron chi connectivity index (χ0n) is 12.3. The number of fused-ring (bicyclic) bond motifs is 1. The van der Waals surface area contributed by atoms with Gasteiger partial charge in [-0.3, -0.25) is 4.79 Å². The van der Waals surface area contributed by atoms with Gasteiger partial charge in [-0.1, -0.05) is 17.7 Å². The van der Waals surface area contributed by atoms with E-state index in [0.29, 0.717) is 18.0 Å². The summed E-state index contributed by atoms with van der Waals surface area (Å²) in [6.45, 7) is 5.75. The molecule has 2 rings (SSSR count). The van der Waals surface area contributed by atoms with Crippen molar-refractivity contribution >= 4 is 23.6 Å². The number of hydrogen-bond acceptors (Lipinski definition) is 3. The number of amides is 2. The van der Waals surface area contributed by atoms with Crippen LogP contribution in [0.25, 0.3) is 0 Å². The lowest BCUT2D eigenvalue weighted by molar-refractivity contribution is -0.123. The molecule has 0 aromatic heterocycles. The summed E-state index contributed by atoms with van der Waals surface area (Å²) in [5.74, 6) is -0.229. The van der Waals surface area contributed by atoms with E-state index in [1.165, 1.54) is 0 Å². The molecule has 2 N–H and O–H groups in total. The van der Waals surface area contributed by atoms with E-state index >= 15 is 0 Å². The number of carbonyl (C=O) groups excluding carboxylic acids is 2. The molecule has 0 spiro atoms. The number of ether oxygens (including phenoxy) is 1. The Morgan fingerprint density at radius 2 is 2.10 bits per heavy atom. The van der Waals surface area contributed by atoms with Crippen molar-refractivity contribution < 1.29 is 14.3 Å². The molecule has 1 aliphatic rings. The third-order valence-electron chi connectivity index (χ3n) is 3.05. The van der Waals surface area contributed by atoms with Crippen molar-refractivity contribution in [2.45, 2.75) is 45.4 Å². The summed E-state index contributed by atoms with van der Waals surface area (Å²) >= 11 is 5.99. The van der Waals surface area contributed by atoms with E-state index in [1.54, 1.807) is 26.8 Å².